The quantitative estimate of drug-likeness (QED) is 0.777. The molecular formula is C15H22N2O4. The third-order valence-corrected chi connectivity index (χ3v) is 4.06. The molecule has 116 valence electrons. The number of rotatable bonds is 4. The minimum atomic E-state index is -1.05. The molecule has 1 aromatic heterocycles. The van der Waals surface area contributed by atoms with E-state index in [1.165, 1.54) is 6.20 Å². The van der Waals surface area contributed by atoms with Gasteiger partial charge in [0.05, 0.1) is 17.9 Å². The number of hydrogen-bond acceptors (Lipinski definition) is 5. The summed E-state index contributed by atoms with van der Waals surface area (Å²) in [7, 11) is 0. The summed E-state index contributed by atoms with van der Waals surface area (Å²) in [5.41, 5.74) is 0.535. The zero-order valence-electron chi connectivity index (χ0n) is 12.5. The largest absolute Gasteiger partial charge is 0.393 e. The molecule has 6 heteroatoms. The van der Waals surface area contributed by atoms with Crippen molar-refractivity contribution in [2.45, 2.75) is 45.0 Å². The minimum absolute atomic E-state index is 0.205. The normalized spacial score (nSPS) is 25.6. The number of pyridine rings is 1. The van der Waals surface area contributed by atoms with Crippen LogP contribution in [0.15, 0.2) is 18.3 Å². The number of nitrogens with zero attached hydrogens (tertiary/aromatic N) is 1. The molecule has 0 radical (unpaired) electrons. The van der Waals surface area contributed by atoms with Gasteiger partial charge in [-0.25, -0.2) is 0 Å². The molecule has 1 saturated heterocycles. The van der Waals surface area contributed by atoms with Gasteiger partial charge < -0.3 is 20.3 Å². The molecule has 0 aromatic carbocycles. The molecule has 1 aromatic rings. The summed E-state index contributed by atoms with van der Waals surface area (Å²) in [4.78, 5) is 16.2. The van der Waals surface area contributed by atoms with Gasteiger partial charge in [0.15, 0.2) is 0 Å². The first kappa shape index (κ1) is 15.9. The Morgan fingerprint density at radius 1 is 1.62 bits per heavy atom. The van der Waals surface area contributed by atoms with Gasteiger partial charge in [0.1, 0.15) is 12.2 Å². The molecule has 0 spiro atoms. The van der Waals surface area contributed by atoms with E-state index in [0.29, 0.717) is 23.7 Å². The van der Waals surface area contributed by atoms with E-state index in [2.05, 4.69) is 17.2 Å². The van der Waals surface area contributed by atoms with E-state index >= 15 is 0 Å². The summed E-state index contributed by atoms with van der Waals surface area (Å²) in [5, 5.41) is 21.2. The van der Waals surface area contributed by atoms with Crippen LogP contribution in [0.25, 0.3) is 0 Å². The molecule has 21 heavy (non-hydrogen) atoms. The van der Waals surface area contributed by atoms with Crippen molar-refractivity contribution in [3.8, 4) is 0 Å². The van der Waals surface area contributed by atoms with E-state index in [0.717, 1.165) is 0 Å². The molecule has 6 nitrogen and oxygen atoms in total. The lowest BCUT2D eigenvalue weighted by molar-refractivity contribution is -0.130. The first-order valence-electron chi connectivity index (χ1n) is 7.07. The van der Waals surface area contributed by atoms with Crippen molar-refractivity contribution in [3.05, 3.63) is 24.0 Å². The predicted octanol–water partition coefficient (Wildman–Crippen LogP) is 1.25. The van der Waals surface area contributed by atoms with Crippen molar-refractivity contribution in [1.29, 1.82) is 0 Å². The number of carbonyl (C=O) groups excluding carboxylic acids is 1. The standard InChI is InChI=1S/C15H22N2O4/c1-9-6-13(21-15(9,2)3)14(20)17-10-4-5-16-11(7-10)12(19)8-18/h4-5,7,9,12-13,18-19H,6,8H2,1-3H3,(H,16,17,20)/t9-,12?,13?/m1/s1. The summed E-state index contributed by atoms with van der Waals surface area (Å²) in [5.74, 6) is 0.0977. The predicted molar refractivity (Wildman–Crippen MR) is 77.6 cm³/mol. The van der Waals surface area contributed by atoms with Crippen LogP contribution in [0.2, 0.25) is 0 Å². The topological polar surface area (TPSA) is 91.7 Å². The molecule has 3 atom stereocenters. The summed E-state index contributed by atoms with van der Waals surface area (Å²) in [6, 6.07) is 3.18. The van der Waals surface area contributed by atoms with Gasteiger partial charge in [0.2, 0.25) is 0 Å². The number of nitrogens with one attached hydrogen (secondary N) is 1. The second kappa shape index (κ2) is 6.09. The lowest BCUT2D eigenvalue weighted by Gasteiger charge is -2.22. The monoisotopic (exact) mass is 294 g/mol. The highest BCUT2D eigenvalue weighted by atomic mass is 16.5. The van der Waals surface area contributed by atoms with Crippen LogP contribution in [-0.2, 0) is 9.53 Å². The van der Waals surface area contributed by atoms with Crippen molar-refractivity contribution in [3.63, 3.8) is 0 Å². The fraction of sp³-hybridized carbons (Fsp3) is 0.600. The Morgan fingerprint density at radius 3 is 2.90 bits per heavy atom. The van der Waals surface area contributed by atoms with Crippen LogP contribution < -0.4 is 5.32 Å². The highest BCUT2D eigenvalue weighted by Crippen LogP contribution is 2.35. The molecule has 0 saturated carbocycles. The molecule has 2 heterocycles. The highest BCUT2D eigenvalue weighted by molar-refractivity contribution is 5.94. The lowest BCUT2D eigenvalue weighted by atomic mass is 9.92. The summed E-state index contributed by atoms with van der Waals surface area (Å²) >= 11 is 0. The van der Waals surface area contributed by atoms with Crippen LogP contribution in [0.3, 0.4) is 0 Å². The van der Waals surface area contributed by atoms with E-state index in [1.54, 1.807) is 12.1 Å². The second-order valence-electron chi connectivity index (χ2n) is 6.00. The van der Waals surface area contributed by atoms with E-state index < -0.39 is 18.8 Å². The van der Waals surface area contributed by atoms with Crippen LogP contribution >= 0.6 is 0 Å². The van der Waals surface area contributed by atoms with E-state index in [1.807, 2.05) is 13.8 Å². The number of amides is 1. The molecular weight excluding hydrogens is 272 g/mol. The SMILES string of the molecule is C[C@@H]1CC(C(=O)Nc2ccnc(C(O)CO)c2)OC1(C)C. The van der Waals surface area contributed by atoms with Crippen molar-refractivity contribution in [2.75, 3.05) is 11.9 Å². The van der Waals surface area contributed by atoms with Gasteiger partial charge in [0, 0.05) is 11.9 Å². The molecule has 3 N–H and O–H groups in total. The third kappa shape index (κ3) is 3.58. The molecule has 2 rings (SSSR count). The molecule has 0 aliphatic carbocycles. The van der Waals surface area contributed by atoms with E-state index in [-0.39, 0.29) is 11.5 Å². The van der Waals surface area contributed by atoms with Crippen LogP contribution in [0.4, 0.5) is 5.69 Å². The fourth-order valence-electron chi connectivity index (χ4n) is 2.32. The Morgan fingerprint density at radius 2 is 2.33 bits per heavy atom. The van der Waals surface area contributed by atoms with Gasteiger partial charge in [0.25, 0.3) is 5.91 Å². The Kier molecular flexibility index (Phi) is 4.61. The number of anilines is 1. The van der Waals surface area contributed by atoms with Gasteiger partial charge in [-0.3, -0.25) is 9.78 Å². The number of aliphatic hydroxyl groups excluding tert-OH is 2. The summed E-state index contributed by atoms with van der Waals surface area (Å²) in [6.07, 6.45) is 0.625. The average molecular weight is 294 g/mol. The van der Waals surface area contributed by atoms with E-state index in [4.69, 9.17) is 9.84 Å². The summed E-state index contributed by atoms with van der Waals surface area (Å²) in [6.45, 7) is 5.61. The maximum Gasteiger partial charge on any atom is 0.253 e. The first-order valence-corrected chi connectivity index (χ1v) is 7.07. The molecule has 1 aliphatic heterocycles. The van der Waals surface area contributed by atoms with Gasteiger partial charge in [-0.05, 0) is 38.3 Å². The van der Waals surface area contributed by atoms with Crippen LogP contribution in [0.1, 0.15) is 39.0 Å². The Balaban J connectivity index is 2.04. The Labute approximate surface area is 124 Å². The smallest absolute Gasteiger partial charge is 0.253 e. The van der Waals surface area contributed by atoms with Crippen molar-refractivity contribution < 1.29 is 19.7 Å². The summed E-state index contributed by atoms with van der Waals surface area (Å²) < 4.78 is 5.78. The van der Waals surface area contributed by atoms with Crippen LogP contribution in [0, 0.1) is 5.92 Å². The third-order valence-electron chi connectivity index (χ3n) is 4.06. The maximum atomic E-state index is 12.2. The van der Waals surface area contributed by atoms with Crippen LogP contribution in [0.5, 0.6) is 0 Å². The molecule has 2 unspecified atom stereocenters. The molecule has 0 bridgehead atoms. The Bertz CT molecular complexity index is 518. The molecule has 1 fully saturated rings. The fourth-order valence-corrected chi connectivity index (χ4v) is 2.32. The number of aliphatic hydroxyl groups is 2. The zero-order chi connectivity index (χ0) is 15.6. The van der Waals surface area contributed by atoms with Crippen molar-refractivity contribution >= 4 is 11.6 Å². The minimum Gasteiger partial charge on any atom is -0.393 e. The molecule has 1 aliphatic rings. The zero-order valence-corrected chi connectivity index (χ0v) is 12.5. The number of aromatic nitrogens is 1. The van der Waals surface area contributed by atoms with E-state index in [9.17, 15) is 9.90 Å². The second-order valence-corrected chi connectivity index (χ2v) is 6.00. The van der Waals surface area contributed by atoms with Crippen LogP contribution in [-0.4, -0.2) is 39.4 Å². The van der Waals surface area contributed by atoms with Crippen molar-refractivity contribution in [2.24, 2.45) is 5.92 Å². The maximum absolute atomic E-state index is 12.2. The lowest BCUT2D eigenvalue weighted by Crippen LogP contribution is -2.31. The Hall–Kier alpha value is -1.50. The number of hydrogen-bond donors (Lipinski definition) is 3. The molecule has 1 amide bonds. The average Bonchev–Trinajstić information content (AvgIpc) is 2.72. The number of ether oxygens (including phenoxy) is 1. The number of carbonyl (C=O) groups is 1. The van der Waals surface area contributed by atoms with Gasteiger partial charge in [-0.2, -0.15) is 0 Å². The van der Waals surface area contributed by atoms with Crippen molar-refractivity contribution in [1.82, 2.24) is 4.98 Å². The first-order chi connectivity index (χ1) is 9.83. The highest BCUT2D eigenvalue weighted by Gasteiger charge is 2.41. The van der Waals surface area contributed by atoms with Gasteiger partial charge in [-0.15, -0.1) is 0 Å². The van der Waals surface area contributed by atoms with Gasteiger partial charge in [-0.1, -0.05) is 6.92 Å². The van der Waals surface area contributed by atoms with Gasteiger partial charge >= 0.3 is 0 Å².